The fourth-order valence-electron chi connectivity index (χ4n) is 5.03. The number of nitrogens with zero attached hydrogens (tertiary/aromatic N) is 2. The van der Waals surface area contributed by atoms with Crippen LogP contribution in [0.4, 0.5) is 5.13 Å². The molecular formula is C29H23ClN2O6S. The van der Waals surface area contributed by atoms with Gasteiger partial charge in [-0.2, -0.15) is 0 Å². The Bertz CT molecular complexity index is 1700. The molecule has 0 aliphatic carbocycles. The van der Waals surface area contributed by atoms with Crippen LogP contribution in [0.3, 0.4) is 0 Å². The number of fused-ring (bicyclic) bond motifs is 2. The summed E-state index contributed by atoms with van der Waals surface area (Å²) in [6.45, 7) is 4.03. The van der Waals surface area contributed by atoms with Gasteiger partial charge in [-0.15, -0.1) is 0 Å². The molecule has 0 radical (unpaired) electrons. The molecule has 2 aliphatic rings. The van der Waals surface area contributed by atoms with E-state index in [1.165, 1.54) is 22.3 Å². The molecule has 1 aromatic heterocycles. The van der Waals surface area contributed by atoms with E-state index in [1.54, 1.807) is 55.5 Å². The first-order valence-corrected chi connectivity index (χ1v) is 13.6. The van der Waals surface area contributed by atoms with Crippen molar-refractivity contribution in [1.29, 1.82) is 0 Å². The minimum Gasteiger partial charge on any atom is -0.507 e. The van der Waals surface area contributed by atoms with Gasteiger partial charge in [-0.1, -0.05) is 29.0 Å². The third-order valence-electron chi connectivity index (χ3n) is 6.76. The molecule has 1 amide bonds. The van der Waals surface area contributed by atoms with Gasteiger partial charge in [0.1, 0.15) is 17.6 Å². The number of thiazole rings is 1. The maximum Gasteiger partial charge on any atom is 0.301 e. The van der Waals surface area contributed by atoms with Crippen molar-refractivity contribution in [3.63, 3.8) is 0 Å². The molecule has 1 saturated heterocycles. The summed E-state index contributed by atoms with van der Waals surface area (Å²) >= 11 is 7.38. The van der Waals surface area contributed by atoms with Crippen LogP contribution in [0.1, 0.15) is 36.6 Å². The Balaban J connectivity index is 1.55. The van der Waals surface area contributed by atoms with E-state index in [9.17, 15) is 19.8 Å². The largest absolute Gasteiger partial charge is 0.507 e. The van der Waals surface area contributed by atoms with Crippen LogP contribution < -0.4 is 14.4 Å². The van der Waals surface area contributed by atoms with Gasteiger partial charge in [0.25, 0.3) is 5.78 Å². The van der Waals surface area contributed by atoms with Gasteiger partial charge in [-0.3, -0.25) is 14.5 Å². The van der Waals surface area contributed by atoms with E-state index in [1.807, 2.05) is 6.92 Å². The maximum absolute atomic E-state index is 13.6. The zero-order valence-electron chi connectivity index (χ0n) is 21.0. The number of benzene rings is 3. The lowest BCUT2D eigenvalue weighted by Crippen LogP contribution is -2.29. The number of rotatable bonds is 5. The van der Waals surface area contributed by atoms with Crippen molar-refractivity contribution >= 4 is 55.7 Å². The van der Waals surface area contributed by atoms with Crippen molar-refractivity contribution in [1.82, 2.24) is 4.98 Å². The minimum absolute atomic E-state index is 0.00416. The summed E-state index contributed by atoms with van der Waals surface area (Å²) in [6, 6.07) is 14.0. The molecule has 3 aromatic carbocycles. The number of hydrogen-bond acceptors (Lipinski definition) is 8. The molecule has 0 unspecified atom stereocenters. The Morgan fingerprint density at radius 2 is 2.00 bits per heavy atom. The Hall–Kier alpha value is -4.08. The van der Waals surface area contributed by atoms with E-state index in [-0.39, 0.29) is 34.1 Å². The third-order valence-corrected chi connectivity index (χ3v) is 8.01. The van der Waals surface area contributed by atoms with E-state index < -0.39 is 17.7 Å². The van der Waals surface area contributed by atoms with Gasteiger partial charge in [0.15, 0.2) is 16.6 Å². The average molecular weight is 563 g/mol. The molecule has 2 N–H and O–H groups in total. The van der Waals surface area contributed by atoms with E-state index in [0.29, 0.717) is 34.7 Å². The van der Waals surface area contributed by atoms with Crippen LogP contribution in [0.15, 0.2) is 60.2 Å². The maximum atomic E-state index is 13.6. The number of hydrogen-bond donors (Lipinski definition) is 2. The lowest BCUT2D eigenvalue weighted by molar-refractivity contribution is -0.132. The monoisotopic (exact) mass is 562 g/mol. The zero-order chi connectivity index (χ0) is 27.4. The quantitative estimate of drug-likeness (QED) is 0.174. The second-order valence-electron chi connectivity index (χ2n) is 9.39. The molecule has 3 heterocycles. The number of phenols is 1. The summed E-state index contributed by atoms with van der Waals surface area (Å²) in [7, 11) is 0. The van der Waals surface area contributed by atoms with Gasteiger partial charge < -0.3 is 19.7 Å². The standard InChI is InChI=1S/C29H23ClN2O6S/c1-3-37-22-12-15(4-8-20(22)33)25-24(26(34)16-5-9-21-17(11-16)10-14(2)38-21)27(35)28(36)32(25)29-31-19-7-6-18(30)13-23(19)39-29/h4-9,11-14,25,33-34H,3,10H2,1-2H3/t14-,25+/m0/s1. The lowest BCUT2D eigenvalue weighted by Gasteiger charge is -2.23. The molecule has 0 bridgehead atoms. The molecule has 6 rings (SSSR count). The van der Waals surface area contributed by atoms with Crippen molar-refractivity contribution in [3.05, 3.63) is 81.9 Å². The number of phenolic OH excluding ortho intramolecular Hbond substituents is 1. The number of anilines is 1. The summed E-state index contributed by atoms with van der Waals surface area (Å²) in [5.41, 5.74) is 2.30. The average Bonchev–Trinajstić information content (AvgIpc) is 3.57. The summed E-state index contributed by atoms with van der Waals surface area (Å²) < 4.78 is 12.1. The van der Waals surface area contributed by atoms with Crippen molar-refractivity contribution in [2.45, 2.75) is 32.4 Å². The molecule has 10 heteroatoms. The van der Waals surface area contributed by atoms with Crippen molar-refractivity contribution in [3.8, 4) is 17.2 Å². The topological polar surface area (TPSA) is 109 Å². The first kappa shape index (κ1) is 25.2. The second-order valence-corrected chi connectivity index (χ2v) is 10.8. The molecule has 39 heavy (non-hydrogen) atoms. The number of ketones is 1. The number of carbonyl (C=O) groups excluding carboxylic acids is 2. The fraction of sp³-hybridized carbons (Fsp3) is 0.207. The SMILES string of the molecule is CCOc1cc([C@@H]2C(=C(O)c3ccc4c(c3)C[C@H](C)O4)C(=O)C(=O)N2c2nc3ccc(Cl)cc3s2)ccc1O. The fourth-order valence-corrected chi connectivity index (χ4v) is 6.30. The van der Waals surface area contributed by atoms with Crippen molar-refractivity contribution < 1.29 is 29.3 Å². The molecule has 4 aromatic rings. The number of amides is 1. The van der Waals surface area contributed by atoms with Crippen LogP contribution in [0.5, 0.6) is 17.2 Å². The summed E-state index contributed by atoms with van der Waals surface area (Å²) in [5, 5.41) is 22.6. The molecule has 0 spiro atoms. The number of aliphatic hydroxyl groups is 1. The molecule has 198 valence electrons. The normalized spacial score (nSPS) is 19.9. The van der Waals surface area contributed by atoms with Gasteiger partial charge in [0.2, 0.25) is 0 Å². The third kappa shape index (κ3) is 4.27. The van der Waals surface area contributed by atoms with Gasteiger partial charge in [-0.25, -0.2) is 4.98 Å². The van der Waals surface area contributed by atoms with Crippen molar-refractivity contribution in [2.24, 2.45) is 0 Å². The summed E-state index contributed by atoms with van der Waals surface area (Å²) in [4.78, 5) is 33.0. The lowest BCUT2D eigenvalue weighted by atomic mass is 9.94. The van der Waals surface area contributed by atoms with E-state index in [4.69, 9.17) is 21.1 Å². The highest BCUT2D eigenvalue weighted by atomic mass is 35.5. The van der Waals surface area contributed by atoms with Crippen LogP contribution in [-0.2, 0) is 16.0 Å². The van der Waals surface area contributed by atoms with E-state index >= 15 is 0 Å². The number of ether oxygens (including phenoxy) is 2. The number of aromatic hydroxyl groups is 1. The number of carbonyl (C=O) groups is 2. The highest BCUT2D eigenvalue weighted by Crippen LogP contribution is 2.46. The molecule has 2 atom stereocenters. The first-order valence-electron chi connectivity index (χ1n) is 12.4. The smallest absolute Gasteiger partial charge is 0.301 e. The zero-order valence-corrected chi connectivity index (χ0v) is 22.5. The molecule has 0 saturated carbocycles. The number of halogens is 1. The van der Waals surface area contributed by atoms with Crippen molar-refractivity contribution in [2.75, 3.05) is 11.5 Å². The highest BCUT2D eigenvalue weighted by molar-refractivity contribution is 7.22. The Morgan fingerprint density at radius 1 is 1.18 bits per heavy atom. The van der Waals surface area contributed by atoms with Crippen LogP contribution in [0, 0.1) is 0 Å². The Labute approximate surface area is 232 Å². The minimum atomic E-state index is -1.02. The summed E-state index contributed by atoms with van der Waals surface area (Å²) in [6.07, 6.45) is 0.669. The Kier molecular flexibility index (Phi) is 6.20. The molecule has 8 nitrogen and oxygen atoms in total. The molecule has 1 fully saturated rings. The van der Waals surface area contributed by atoms with Crippen LogP contribution >= 0.6 is 22.9 Å². The highest BCUT2D eigenvalue weighted by Gasteiger charge is 2.48. The van der Waals surface area contributed by atoms with Crippen LogP contribution in [-0.4, -0.2) is 39.6 Å². The van der Waals surface area contributed by atoms with Crippen LogP contribution in [0.2, 0.25) is 5.02 Å². The van der Waals surface area contributed by atoms with Gasteiger partial charge in [0, 0.05) is 17.0 Å². The van der Waals surface area contributed by atoms with Gasteiger partial charge >= 0.3 is 5.91 Å². The summed E-state index contributed by atoms with van der Waals surface area (Å²) in [5.74, 6) is -1.13. The first-order chi connectivity index (χ1) is 18.7. The molecule has 2 aliphatic heterocycles. The second kappa shape index (κ2) is 9.59. The van der Waals surface area contributed by atoms with Gasteiger partial charge in [-0.05, 0) is 73.5 Å². The van der Waals surface area contributed by atoms with E-state index in [2.05, 4.69) is 4.98 Å². The number of Topliss-reactive ketones (excluding diaryl/α,β-unsaturated/α-hetero) is 1. The van der Waals surface area contributed by atoms with E-state index in [0.717, 1.165) is 16.0 Å². The van der Waals surface area contributed by atoms with Gasteiger partial charge in [0.05, 0.1) is 28.4 Å². The number of aromatic nitrogens is 1. The number of aliphatic hydroxyl groups excluding tert-OH is 1. The van der Waals surface area contributed by atoms with Crippen LogP contribution in [0.25, 0.3) is 16.0 Å². The predicted octanol–water partition coefficient (Wildman–Crippen LogP) is 6.00. The predicted molar refractivity (Wildman–Crippen MR) is 149 cm³/mol. The molecular weight excluding hydrogens is 540 g/mol. The Morgan fingerprint density at radius 3 is 2.79 bits per heavy atom.